The average Bonchev–Trinajstić information content (AvgIpc) is 2.77. The predicted octanol–water partition coefficient (Wildman–Crippen LogP) is 4.49. The number of aromatic nitrogens is 1. The number of aliphatic imine (C=N–C) groups is 1. The van der Waals surface area contributed by atoms with Gasteiger partial charge in [-0.2, -0.15) is 0 Å². The standard InChI is InChI=1S/C23H30ClN5O/c1-25-17-20(26-2)7-3-5-15-28-23(30)29-16-13-21(22-8-4-6-14-27-22)18-9-11-19(24)12-10-18/h4,6,8-12,14,17,21,25H,2-3,5,7,13,15-16H2,1H3,(H2,28,29,30)/b20-17-. The summed E-state index contributed by atoms with van der Waals surface area (Å²) in [6.07, 6.45) is 7.02. The molecule has 0 aliphatic rings. The van der Waals surface area contributed by atoms with E-state index in [0.29, 0.717) is 18.1 Å². The van der Waals surface area contributed by atoms with Crippen molar-refractivity contribution >= 4 is 24.3 Å². The molecule has 0 aliphatic carbocycles. The van der Waals surface area contributed by atoms with Crippen molar-refractivity contribution in [1.29, 1.82) is 0 Å². The van der Waals surface area contributed by atoms with Crippen LogP contribution in [0.1, 0.15) is 42.9 Å². The van der Waals surface area contributed by atoms with Crippen LogP contribution >= 0.6 is 11.6 Å². The molecule has 1 aromatic carbocycles. The Balaban J connectivity index is 1.76. The monoisotopic (exact) mass is 427 g/mol. The fraction of sp³-hybridized carbons (Fsp3) is 0.348. The Morgan fingerprint density at radius 1 is 1.17 bits per heavy atom. The number of pyridine rings is 1. The summed E-state index contributed by atoms with van der Waals surface area (Å²) < 4.78 is 0. The van der Waals surface area contributed by atoms with Crippen molar-refractivity contribution in [2.45, 2.75) is 31.6 Å². The highest BCUT2D eigenvalue weighted by Crippen LogP contribution is 2.27. The highest BCUT2D eigenvalue weighted by atomic mass is 35.5. The summed E-state index contributed by atoms with van der Waals surface area (Å²) in [5.41, 5.74) is 3.02. The molecule has 0 bridgehead atoms. The number of carbonyl (C=O) groups is 1. The quantitative estimate of drug-likeness (QED) is 0.345. The van der Waals surface area contributed by atoms with E-state index in [0.717, 1.165) is 42.6 Å². The Morgan fingerprint density at radius 2 is 1.93 bits per heavy atom. The van der Waals surface area contributed by atoms with E-state index in [1.54, 1.807) is 6.20 Å². The van der Waals surface area contributed by atoms with Crippen LogP contribution in [0.15, 0.2) is 65.6 Å². The summed E-state index contributed by atoms with van der Waals surface area (Å²) in [6, 6.07) is 13.5. The second kappa shape index (κ2) is 13.4. The van der Waals surface area contributed by atoms with Crippen LogP contribution in [-0.2, 0) is 0 Å². The molecule has 1 heterocycles. The summed E-state index contributed by atoms with van der Waals surface area (Å²) in [7, 11) is 1.84. The Bertz CT molecular complexity index is 808. The van der Waals surface area contributed by atoms with Gasteiger partial charge in [0.05, 0.1) is 5.70 Å². The third kappa shape index (κ3) is 8.25. The van der Waals surface area contributed by atoms with Crippen LogP contribution in [-0.4, -0.2) is 37.9 Å². The molecule has 6 nitrogen and oxygen atoms in total. The van der Waals surface area contributed by atoms with E-state index in [9.17, 15) is 4.79 Å². The van der Waals surface area contributed by atoms with Gasteiger partial charge < -0.3 is 16.0 Å². The van der Waals surface area contributed by atoms with Crippen molar-refractivity contribution in [1.82, 2.24) is 20.9 Å². The van der Waals surface area contributed by atoms with E-state index in [-0.39, 0.29) is 11.9 Å². The van der Waals surface area contributed by atoms with E-state index < -0.39 is 0 Å². The molecule has 1 aromatic heterocycles. The number of nitrogens with one attached hydrogen (secondary N) is 3. The van der Waals surface area contributed by atoms with Crippen molar-refractivity contribution < 1.29 is 4.79 Å². The van der Waals surface area contributed by atoms with Crippen molar-refractivity contribution in [3.05, 3.63) is 76.8 Å². The van der Waals surface area contributed by atoms with Gasteiger partial charge in [0.15, 0.2) is 0 Å². The number of unbranched alkanes of at least 4 members (excludes halogenated alkanes) is 1. The maximum absolute atomic E-state index is 12.1. The van der Waals surface area contributed by atoms with Gasteiger partial charge in [0, 0.05) is 49.2 Å². The van der Waals surface area contributed by atoms with Gasteiger partial charge >= 0.3 is 6.03 Å². The Kier molecular flexibility index (Phi) is 10.4. The third-order valence-electron chi connectivity index (χ3n) is 4.70. The molecule has 2 rings (SSSR count). The highest BCUT2D eigenvalue weighted by Gasteiger charge is 2.15. The lowest BCUT2D eigenvalue weighted by Gasteiger charge is -2.17. The van der Waals surface area contributed by atoms with Crippen molar-refractivity contribution in [3.63, 3.8) is 0 Å². The van der Waals surface area contributed by atoms with Gasteiger partial charge in [-0.15, -0.1) is 0 Å². The molecular weight excluding hydrogens is 398 g/mol. The molecule has 2 aromatic rings. The molecule has 0 spiro atoms. The fourth-order valence-electron chi connectivity index (χ4n) is 3.15. The minimum absolute atomic E-state index is 0.0903. The summed E-state index contributed by atoms with van der Waals surface area (Å²) in [4.78, 5) is 20.5. The summed E-state index contributed by atoms with van der Waals surface area (Å²) in [5, 5.41) is 9.50. The first-order chi connectivity index (χ1) is 14.6. The number of hydrogen-bond acceptors (Lipinski definition) is 4. The largest absolute Gasteiger partial charge is 0.393 e. The van der Waals surface area contributed by atoms with Crippen molar-refractivity contribution in [2.24, 2.45) is 4.99 Å². The molecular formula is C23H30ClN5O. The maximum atomic E-state index is 12.1. The zero-order valence-electron chi connectivity index (χ0n) is 17.4. The van der Waals surface area contributed by atoms with Gasteiger partial charge in [-0.3, -0.25) is 9.98 Å². The molecule has 1 atom stereocenters. The number of nitrogens with zero attached hydrogens (tertiary/aromatic N) is 2. The second-order valence-corrected chi connectivity index (χ2v) is 7.31. The molecule has 30 heavy (non-hydrogen) atoms. The molecule has 1 unspecified atom stereocenters. The van der Waals surface area contributed by atoms with Gasteiger partial charge in [-0.25, -0.2) is 4.79 Å². The molecule has 0 aliphatic heterocycles. The number of allylic oxidation sites excluding steroid dienone is 1. The SMILES string of the molecule is C=N/C(=C\NC)CCCCNC(=O)NCCC(c1ccc(Cl)cc1)c1ccccn1. The van der Waals surface area contributed by atoms with Gasteiger partial charge in [-0.1, -0.05) is 29.8 Å². The first-order valence-electron chi connectivity index (χ1n) is 10.1. The van der Waals surface area contributed by atoms with Crippen LogP contribution in [0.3, 0.4) is 0 Å². The first kappa shape index (κ1) is 23.4. The Labute approximate surface area is 183 Å². The Morgan fingerprint density at radius 3 is 2.60 bits per heavy atom. The lowest BCUT2D eigenvalue weighted by atomic mass is 9.92. The number of benzene rings is 1. The van der Waals surface area contributed by atoms with Gasteiger partial charge in [0.2, 0.25) is 0 Å². The zero-order chi connectivity index (χ0) is 21.6. The molecule has 0 fully saturated rings. The van der Waals surface area contributed by atoms with Gasteiger partial charge in [0.25, 0.3) is 0 Å². The summed E-state index contributed by atoms with van der Waals surface area (Å²) >= 11 is 6.02. The number of carbonyl (C=O) groups excluding carboxylic acids is 1. The molecule has 3 N–H and O–H groups in total. The zero-order valence-corrected chi connectivity index (χ0v) is 18.2. The average molecular weight is 428 g/mol. The molecule has 0 saturated heterocycles. The van der Waals surface area contributed by atoms with Crippen LogP contribution < -0.4 is 16.0 Å². The van der Waals surface area contributed by atoms with E-state index >= 15 is 0 Å². The number of hydrogen-bond donors (Lipinski definition) is 3. The number of amides is 2. The molecule has 0 radical (unpaired) electrons. The fourth-order valence-corrected chi connectivity index (χ4v) is 3.28. The van der Waals surface area contributed by atoms with E-state index in [2.05, 4.69) is 32.6 Å². The number of halogens is 1. The second-order valence-electron chi connectivity index (χ2n) is 6.87. The van der Waals surface area contributed by atoms with Crippen LogP contribution in [0.4, 0.5) is 4.79 Å². The molecule has 0 saturated carbocycles. The highest BCUT2D eigenvalue weighted by molar-refractivity contribution is 6.30. The van der Waals surface area contributed by atoms with Crippen LogP contribution in [0.25, 0.3) is 0 Å². The third-order valence-corrected chi connectivity index (χ3v) is 4.95. The molecule has 2 amide bonds. The van der Waals surface area contributed by atoms with Crippen molar-refractivity contribution in [3.8, 4) is 0 Å². The predicted molar refractivity (Wildman–Crippen MR) is 124 cm³/mol. The van der Waals surface area contributed by atoms with E-state index in [4.69, 9.17) is 11.6 Å². The smallest absolute Gasteiger partial charge is 0.314 e. The first-order valence-corrected chi connectivity index (χ1v) is 10.5. The van der Waals surface area contributed by atoms with Crippen molar-refractivity contribution in [2.75, 3.05) is 20.1 Å². The van der Waals surface area contributed by atoms with E-state index in [1.807, 2.05) is 55.7 Å². The lowest BCUT2D eigenvalue weighted by molar-refractivity contribution is 0.240. The van der Waals surface area contributed by atoms with Gasteiger partial charge in [0.1, 0.15) is 0 Å². The topological polar surface area (TPSA) is 78.4 Å². The Hall–Kier alpha value is -2.86. The molecule has 7 heteroatoms. The van der Waals surface area contributed by atoms with Crippen LogP contribution in [0.5, 0.6) is 0 Å². The van der Waals surface area contributed by atoms with E-state index in [1.165, 1.54) is 0 Å². The van der Waals surface area contributed by atoms with Crippen LogP contribution in [0.2, 0.25) is 5.02 Å². The maximum Gasteiger partial charge on any atom is 0.314 e. The number of rotatable bonds is 12. The minimum atomic E-state index is -0.154. The number of urea groups is 1. The molecule has 160 valence electrons. The normalized spacial score (nSPS) is 12.1. The lowest BCUT2D eigenvalue weighted by Crippen LogP contribution is -2.37. The summed E-state index contributed by atoms with van der Waals surface area (Å²) in [5.74, 6) is 0.0903. The van der Waals surface area contributed by atoms with Crippen LogP contribution in [0, 0.1) is 0 Å². The van der Waals surface area contributed by atoms with Gasteiger partial charge in [-0.05, 0) is 62.2 Å². The minimum Gasteiger partial charge on any atom is -0.393 e. The summed E-state index contributed by atoms with van der Waals surface area (Å²) in [6.45, 7) is 4.72.